The number of carbonyl (C=O) groups is 3. The zero-order chi connectivity index (χ0) is 28.3. The van der Waals surface area contributed by atoms with Crippen molar-refractivity contribution in [2.75, 3.05) is 6.54 Å². The smallest absolute Gasteiger partial charge is 0.270 e. The van der Waals surface area contributed by atoms with Gasteiger partial charge < -0.3 is 21.7 Å². The van der Waals surface area contributed by atoms with E-state index in [1.54, 1.807) is 5.38 Å². The predicted octanol–water partition coefficient (Wildman–Crippen LogP) is 3.08. The molecule has 11 nitrogen and oxygen atoms in total. The Morgan fingerprint density at radius 1 is 1.18 bits per heavy atom. The highest BCUT2D eigenvalue weighted by atomic mass is 32.1. The fourth-order valence-electron chi connectivity index (χ4n) is 5.07. The van der Waals surface area contributed by atoms with Crippen LogP contribution in [0.15, 0.2) is 26.9 Å². The molecule has 1 spiro atoms. The van der Waals surface area contributed by atoms with Gasteiger partial charge in [-0.15, -0.1) is 22.7 Å². The maximum absolute atomic E-state index is 12.9. The number of nitrogens with zero attached hydrogens (tertiary/aromatic N) is 3. The molecule has 0 unspecified atom stereocenters. The molecule has 6 N–H and O–H groups in total. The summed E-state index contributed by atoms with van der Waals surface area (Å²) in [7, 11) is 0. The average molecular weight is 583 g/mol. The van der Waals surface area contributed by atoms with E-state index in [4.69, 9.17) is 11.1 Å². The van der Waals surface area contributed by atoms with Crippen LogP contribution >= 0.6 is 22.7 Å². The molecule has 13 heteroatoms. The third kappa shape index (κ3) is 6.47. The molecule has 0 radical (unpaired) electrons. The zero-order valence-electron chi connectivity index (χ0n) is 22.5. The van der Waals surface area contributed by atoms with Gasteiger partial charge in [-0.05, 0) is 51.0 Å². The second-order valence-corrected chi connectivity index (χ2v) is 12.4. The first-order valence-electron chi connectivity index (χ1n) is 13.7. The van der Waals surface area contributed by atoms with E-state index in [0.29, 0.717) is 34.9 Å². The lowest BCUT2D eigenvalue weighted by atomic mass is 9.95. The van der Waals surface area contributed by atoms with Gasteiger partial charge in [-0.1, -0.05) is 6.42 Å². The molecular formula is C27H34N8O3S2. The fraction of sp³-hybridized carbons (Fsp3) is 0.519. The van der Waals surface area contributed by atoms with Crippen molar-refractivity contribution in [1.29, 1.82) is 5.41 Å². The van der Waals surface area contributed by atoms with Crippen molar-refractivity contribution in [2.24, 2.45) is 10.7 Å². The maximum atomic E-state index is 12.9. The molecule has 212 valence electrons. The monoisotopic (exact) mass is 582 g/mol. The number of amidine groups is 1. The van der Waals surface area contributed by atoms with Gasteiger partial charge in [0.2, 0.25) is 5.91 Å². The van der Waals surface area contributed by atoms with Crippen LogP contribution in [0.25, 0.3) is 10.7 Å². The molecule has 40 heavy (non-hydrogen) atoms. The van der Waals surface area contributed by atoms with Gasteiger partial charge in [0.1, 0.15) is 21.4 Å². The molecule has 2 aromatic rings. The summed E-state index contributed by atoms with van der Waals surface area (Å²) in [5.41, 5.74) is 8.36. The second kappa shape index (κ2) is 12.0. The van der Waals surface area contributed by atoms with E-state index in [0.717, 1.165) is 61.2 Å². The summed E-state index contributed by atoms with van der Waals surface area (Å²) in [5, 5.41) is 21.1. The van der Waals surface area contributed by atoms with Crippen molar-refractivity contribution in [3.8, 4) is 10.7 Å². The predicted molar refractivity (Wildman–Crippen MR) is 156 cm³/mol. The number of thiazole rings is 2. The molecule has 0 bridgehead atoms. The largest absolute Gasteiger partial charge is 0.388 e. The molecule has 0 saturated heterocycles. The molecule has 2 aromatic heterocycles. The van der Waals surface area contributed by atoms with Crippen LogP contribution in [0.2, 0.25) is 0 Å². The number of amides is 3. The third-order valence-electron chi connectivity index (χ3n) is 7.36. The minimum Gasteiger partial charge on any atom is -0.388 e. The van der Waals surface area contributed by atoms with E-state index < -0.39 is 0 Å². The summed E-state index contributed by atoms with van der Waals surface area (Å²) in [4.78, 5) is 51.8. The molecule has 2 aliphatic heterocycles. The van der Waals surface area contributed by atoms with E-state index in [2.05, 4.69) is 30.9 Å². The van der Waals surface area contributed by atoms with Gasteiger partial charge in [0, 0.05) is 35.5 Å². The SMILES string of the molecule is C[C@H]1CCC(C2=C(CC(=O)NCc3nc(-c4nc(C(=O)NCCCCCC(=N)N)cs4)cs3)C3(CC3)NC2=O)=N1. The highest BCUT2D eigenvalue weighted by Gasteiger charge is 2.54. The second-order valence-electron chi connectivity index (χ2n) is 10.6. The number of aromatic nitrogens is 2. The van der Waals surface area contributed by atoms with Crippen LogP contribution in [-0.2, 0) is 16.1 Å². The average Bonchev–Trinajstić information content (AvgIpc) is 3.33. The van der Waals surface area contributed by atoms with E-state index in [1.165, 1.54) is 22.7 Å². The molecule has 1 fully saturated rings. The minimum atomic E-state index is -0.364. The van der Waals surface area contributed by atoms with E-state index in [-0.39, 0.29) is 48.1 Å². The summed E-state index contributed by atoms with van der Waals surface area (Å²) in [6.07, 6.45) is 6.72. The summed E-state index contributed by atoms with van der Waals surface area (Å²) in [5.74, 6) is -0.280. The van der Waals surface area contributed by atoms with E-state index >= 15 is 0 Å². The molecule has 1 atom stereocenters. The van der Waals surface area contributed by atoms with E-state index in [9.17, 15) is 14.4 Å². The zero-order valence-corrected chi connectivity index (χ0v) is 24.1. The van der Waals surface area contributed by atoms with Crippen LogP contribution in [-0.4, -0.2) is 57.4 Å². The number of nitrogens with two attached hydrogens (primary N) is 1. The van der Waals surface area contributed by atoms with Gasteiger partial charge in [-0.25, -0.2) is 9.97 Å². The van der Waals surface area contributed by atoms with Gasteiger partial charge in [-0.3, -0.25) is 24.8 Å². The Morgan fingerprint density at radius 2 is 2.00 bits per heavy atom. The molecule has 5 rings (SSSR count). The molecule has 3 aliphatic rings. The van der Waals surface area contributed by atoms with Gasteiger partial charge in [-0.2, -0.15) is 0 Å². The molecule has 0 aromatic carbocycles. The first kappa shape index (κ1) is 28.1. The van der Waals surface area contributed by atoms with Crippen LogP contribution < -0.4 is 21.7 Å². The maximum Gasteiger partial charge on any atom is 0.270 e. The number of hydrogen-bond donors (Lipinski definition) is 5. The molecular weight excluding hydrogens is 548 g/mol. The molecule has 4 heterocycles. The Kier molecular flexibility index (Phi) is 8.40. The summed E-state index contributed by atoms with van der Waals surface area (Å²) in [6, 6.07) is 0.206. The standard InChI is InChI=1S/C27H34N8O3S2/c1-15-6-7-17(32-15)23-16(27(8-9-27)35-25(23)38)11-21(36)31-12-22-33-19(14-39-22)26-34-18(13-40-26)24(37)30-10-4-2-3-5-20(28)29/h13-15H,2-12H2,1H3,(H3,28,29)(H,30,37)(H,31,36)(H,35,38)/t15-/m0/s1. The Balaban J connectivity index is 1.13. The van der Waals surface area contributed by atoms with Crippen molar-refractivity contribution in [3.63, 3.8) is 0 Å². The van der Waals surface area contributed by atoms with Crippen LogP contribution in [0.5, 0.6) is 0 Å². The molecule has 3 amide bonds. The first-order chi connectivity index (χ1) is 19.2. The van der Waals surface area contributed by atoms with Gasteiger partial charge in [0.15, 0.2) is 0 Å². The van der Waals surface area contributed by atoms with Crippen molar-refractivity contribution in [3.05, 3.63) is 32.6 Å². The fourth-order valence-corrected chi connectivity index (χ4v) is 6.62. The number of rotatable bonds is 13. The molecule has 1 aliphatic carbocycles. The first-order valence-corrected chi connectivity index (χ1v) is 15.4. The lowest BCUT2D eigenvalue weighted by molar-refractivity contribution is -0.120. The van der Waals surface area contributed by atoms with Crippen molar-refractivity contribution >= 4 is 51.9 Å². The van der Waals surface area contributed by atoms with Crippen LogP contribution in [0.1, 0.15) is 80.2 Å². The van der Waals surface area contributed by atoms with Crippen molar-refractivity contribution in [2.45, 2.75) is 82.8 Å². The lowest BCUT2D eigenvalue weighted by Crippen LogP contribution is -2.32. The Hall–Kier alpha value is -3.45. The molecule has 1 saturated carbocycles. The van der Waals surface area contributed by atoms with Gasteiger partial charge in [0.25, 0.3) is 11.8 Å². The Morgan fingerprint density at radius 3 is 2.73 bits per heavy atom. The summed E-state index contributed by atoms with van der Waals surface area (Å²) in [6.45, 7) is 2.87. The third-order valence-corrected chi connectivity index (χ3v) is 9.08. The van der Waals surface area contributed by atoms with Gasteiger partial charge >= 0.3 is 0 Å². The van der Waals surface area contributed by atoms with Crippen molar-refractivity contribution < 1.29 is 14.4 Å². The van der Waals surface area contributed by atoms with E-state index in [1.807, 2.05) is 12.3 Å². The summed E-state index contributed by atoms with van der Waals surface area (Å²) >= 11 is 2.77. The number of unbranched alkanes of at least 4 members (excludes halogenated alkanes) is 2. The lowest BCUT2D eigenvalue weighted by Gasteiger charge is -2.13. The Labute approximate surface area is 240 Å². The Bertz CT molecular complexity index is 1390. The van der Waals surface area contributed by atoms with Crippen LogP contribution in [0.4, 0.5) is 0 Å². The highest BCUT2D eigenvalue weighted by molar-refractivity contribution is 7.14. The number of carbonyl (C=O) groups excluding carboxylic acids is 3. The number of aliphatic imine (C=N–C) groups is 1. The summed E-state index contributed by atoms with van der Waals surface area (Å²) < 4.78 is 0. The minimum absolute atomic E-state index is 0.0983. The number of hydrogen-bond acceptors (Lipinski definition) is 9. The normalized spacial score (nSPS) is 19.1. The van der Waals surface area contributed by atoms with Crippen molar-refractivity contribution in [1.82, 2.24) is 25.9 Å². The van der Waals surface area contributed by atoms with Crippen LogP contribution in [0.3, 0.4) is 0 Å². The van der Waals surface area contributed by atoms with Gasteiger partial charge in [0.05, 0.1) is 29.9 Å². The number of nitrogens with one attached hydrogen (secondary N) is 4. The van der Waals surface area contributed by atoms with Crippen LogP contribution in [0, 0.1) is 5.41 Å². The topological polar surface area (TPSA) is 175 Å². The highest BCUT2D eigenvalue weighted by Crippen LogP contribution is 2.49. The quantitative estimate of drug-likeness (QED) is 0.138.